The lowest BCUT2D eigenvalue weighted by atomic mass is 9.73. The van der Waals surface area contributed by atoms with E-state index >= 15 is 0 Å². The highest BCUT2D eigenvalue weighted by Crippen LogP contribution is 2.38. The first-order valence-corrected chi connectivity index (χ1v) is 9.00. The maximum absolute atomic E-state index is 12.8. The van der Waals surface area contributed by atoms with Crippen molar-refractivity contribution < 1.29 is 27.6 Å². The van der Waals surface area contributed by atoms with Gasteiger partial charge in [0.1, 0.15) is 12.1 Å². The fourth-order valence-electron chi connectivity index (χ4n) is 3.74. The van der Waals surface area contributed by atoms with Crippen LogP contribution in [0.25, 0.3) is 0 Å². The van der Waals surface area contributed by atoms with Crippen LogP contribution in [0.15, 0.2) is 24.3 Å². The Balaban J connectivity index is 1.61. The molecular formula is C18H21F3N4O3. The number of imide groups is 1. The van der Waals surface area contributed by atoms with Crippen molar-refractivity contribution in [2.24, 2.45) is 5.92 Å². The number of hydrogen-bond donors (Lipinski definition) is 3. The number of carbonyl (C=O) groups is 3. The molecule has 10 heteroatoms. The SMILES string of the molecule is CC1CCCCC12NC(=O)N(CC(=O)NNc1cccc(C(F)(F)F)c1)C2=O. The Morgan fingerprint density at radius 3 is 2.75 bits per heavy atom. The predicted molar refractivity (Wildman–Crippen MR) is 93.8 cm³/mol. The molecule has 0 aromatic heterocycles. The molecule has 0 radical (unpaired) electrons. The number of anilines is 1. The Morgan fingerprint density at radius 2 is 2.07 bits per heavy atom. The first-order chi connectivity index (χ1) is 13.1. The van der Waals surface area contributed by atoms with Gasteiger partial charge in [0.25, 0.3) is 11.8 Å². The van der Waals surface area contributed by atoms with Crippen LogP contribution in [0.4, 0.5) is 23.7 Å². The zero-order chi connectivity index (χ0) is 20.5. The molecule has 1 heterocycles. The molecule has 7 nitrogen and oxygen atoms in total. The number of carbonyl (C=O) groups excluding carboxylic acids is 3. The zero-order valence-electron chi connectivity index (χ0n) is 15.2. The molecule has 4 amide bonds. The van der Waals surface area contributed by atoms with Gasteiger partial charge >= 0.3 is 12.2 Å². The number of amides is 4. The second kappa shape index (κ2) is 7.33. The minimum absolute atomic E-state index is 0.0257. The molecule has 1 aromatic carbocycles. The van der Waals surface area contributed by atoms with Gasteiger partial charge in [-0.2, -0.15) is 13.2 Å². The van der Waals surface area contributed by atoms with Gasteiger partial charge < -0.3 is 5.32 Å². The average molecular weight is 398 g/mol. The van der Waals surface area contributed by atoms with E-state index in [2.05, 4.69) is 16.2 Å². The van der Waals surface area contributed by atoms with Crippen LogP contribution in [0.2, 0.25) is 0 Å². The number of hydrogen-bond acceptors (Lipinski definition) is 4. The summed E-state index contributed by atoms with van der Waals surface area (Å²) in [6, 6.07) is 3.66. The van der Waals surface area contributed by atoms with Crippen molar-refractivity contribution in [2.75, 3.05) is 12.0 Å². The minimum atomic E-state index is -4.51. The van der Waals surface area contributed by atoms with E-state index < -0.39 is 41.7 Å². The van der Waals surface area contributed by atoms with E-state index in [1.807, 2.05) is 6.92 Å². The number of hydrazine groups is 1. The van der Waals surface area contributed by atoms with Crippen LogP contribution in [0.5, 0.6) is 0 Å². The molecule has 28 heavy (non-hydrogen) atoms. The number of rotatable bonds is 4. The number of nitrogens with one attached hydrogen (secondary N) is 3. The fraction of sp³-hybridized carbons (Fsp3) is 0.500. The maximum atomic E-state index is 12.8. The molecule has 1 spiro atoms. The van der Waals surface area contributed by atoms with Crippen molar-refractivity contribution >= 4 is 23.5 Å². The summed E-state index contributed by atoms with van der Waals surface area (Å²) in [7, 11) is 0. The quantitative estimate of drug-likeness (QED) is 0.537. The summed E-state index contributed by atoms with van der Waals surface area (Å²) < 4.78 is 38.2. The van der Waals surface area contributed by atoms with Crippen LogP contribution in [-0.4, -0.2) is 34.8 Å². The number of alkyl halides is 3. The molecule has 1 saturated carbocycles. The predicted octanol–water partition coefficient (Wildman–Crippen LogP) is 2.65. The molecule has 1 aromatic rings. The fourth-order valence-corrected chi connectivity index (χ4v) is 3.74. The molecule has 3 N–H and O–H groups in total. The third kappa shape index (κ3) is 3.76. The summed E-state index contributed by atoms with van der Waals surface area (Å²) in [4.78, 5) is 38.0. The number of benzene rings is 1. The van der Waals surface area contributed by atoms with E-state index in [1.54, 1.807) is 0 Å². The van der Waals surface area contributed by atoms with Crippen LogP contribution >= 0.6 is 0 Å². The van der Waals surface area contributed by atoms with Gasteiger partial charge in [0, 0.05) is 0 Å². The third-order valence-electron chi connectivity index (χ3n) is 5.34. The molecule has 3 rings (SSSR count). The van der Waals surface area contributed by atoms with E-state index in [0.717, 1.165) is 36.3 Å². The smallest absolute Gasteiger partial charge is 0.323 e. The highest BCUT2D eigenvalue weighted by molar-refractivity contribution is 6.09. The van der Waals surface area contributed by atoms with Crippen molar-refractivity contribution in [3.8, 4) is 0 Å². The molecule has 1 aliphatic carbocycles. The molecule has 0 bridgehead atoms. The third-order valence-corrected chi connectivity index (χ3v) is 5.34. The summed E-state index contributed by atoms with van der Waals surface area (Å²) in [6.45, 7) is 1.38. The Labute approximate surface area is 159 Å². The number of nitrogens with zero attached hydrogens (tertiary/aromatic N) is 1. The lowest BCUT2D eigenvalue weighted by Gasteiger charge is -2.36. The van der Waals surface area contributed by atoms with E-state index in [9.17, 15) is 27.6 Å². The van der Waals surface area contributed by atoms with Gasteiger partial charge in [0.05, 0.1) is 11.3 Å². The Bertz CT molecular complexity index is 799. The molecule has 2 unspecified atom stereocenters. The molecular weight excluding hydrogens is 377 g/mol. The van der Waals surface area contributed by atoms with Crippen LogP contribution in [-0.2, 0) is 15.8 Å². The van der Waals surface area contributed by atoms with Gasteiger partial charge in [0.15, 0.2) is 0 Å². The van der Waals surface area contributed by atoms with Gasteiger partial charge in [-0.15, -0.1) is 0 Å². The van der Waals surface area contributed by atoms with Crippen molar-refractivity contribution in [3.63, 3.8) is 0 Å². The number of urea groups is 1. The normalized spacial score (nSPS) is 25.0. The van der Waals surface area contributed by atoms with Gasteiger partial charge in [-0.3, -0.25) is 25.3 Å². The first kappa shape index (κ1) is 20.0. The summed E-state index contributed by atoms with van der Waals surface area (Å²) in [5.41, 5.74) is 2.78. The molecule has 1 aliphatic heterocycles. The van der Waals surface area contributed by atoms with E-state index in [4.69, 9.17) is 0 Å². The lowest BCUT2D eigenvalue weighted by molar-refractivity contribution is -0.137. The van der Waals surface area contributed by atoms with Crippen molar-refractivity contribution in [1.29, 1.82) is 0 Å². The topological polar surface area (TPSA) is 90.5 Å². The minimum Gasteiger partial charge on any atom is -0.323 e. The maximum Gasteiger partial charge on any atom is 0.416 e. The van der Waals surface area contributed by atoms with Gasteiger partial charge in [-0.25, -0.2) is 4.79 Å². The molecule has 2 fully saturated rings. The summed E-state index contributed by atoms with van der Waals surface area (Å²) >= 11 is 0. The molecule has 2 atom stereocenters. The van der Waals surface area contributed by atoms with Crippen LogP contribution in [0, 0.1) is 5.92 Å². The van der Waals surface area contributed by atoms with Gasteiger partial charge in [-0.1, -0.05) is 25.8 Å². The van der Waals surface area contributed by atoms with E-state index in [-0.39, 0.29) is 11.6 Å². The van der Waals surface area contributed by atoms with Crippen molar-refractivity contribution in [3.05, 3.63) is 29.8 Å². The largest absolute Gasteiger partial charge is 0.416 e. The zero-order valence-corrected chi connectivity index (χ0v) is 15.2. The van der Waals surface area contributed by atoms with E-state index in [1.165, 1.54) is 12.1 Å². The molecule has 2 aliphatic rings. The summed E-state index contributed by atoms with van der Waals surface area (Å²) in [5.74, 6) is -1.19. The standard InChI is InChI=1S/C18H21F3N4O3/c1-11-5-2-3-8-17(11)15(27)25(16(28)22-17)10-14(26)24-23-13-7-4-6-12(9-13)18(19,20)21/h4,6-7,9,11,23H,2-3,5,8,10H2,1H3,(H,22,28)(H,24,26). The highest BCUT2D eigenvalue weighted by atomic mass is 19.4. The van der Waals surface area contributed by atoms with Crippen LogP contribution < -0.4 is 16.2 Å². The van der Waals surface area contributed by atoms with Crippen LogP contribution in [0.1, 0.15) is 38.2 Å². The second-order valence-electron chi connectivity index (χ2n) is 7.19. The highest BCUT2D eigenvalue weighted by Gasteiger charge is 2.55. The molecule has 1 saturated heterocycles. The van der Waals surface area contributed by atoms with E-state index in [0.29, 0.717) is 6.42 Å². The van der Waals surface area contributed by atoms with Crippen molar-refractivity contribution in [1.82, 2.24) is 15.6 Å². The van der Waals surface area contributed by atoms with Crippen LogP contribution in [0.3, 0.4) is 0 Å². The monoisotopic (exact) mass is 398 g/mol. The Kier molecular flexibility index (Phi) is 5.22. The lowest BCUT2D eigenvalue weighted by Crippen LogP contribution is -2.54. The Morgan fingerprint density at radius 1 is 1.32 bits per heavy atom. The second-order valence-corrected chi connectivity index (χ2v) is 7.19. The summed E-state index contributed by atoms with van der Waals surface area (Å²) in [6.07, 6.45) is -1.38. The van der Waals surface area contributed by atoms with Gasteiger partial charge in [0.2, 0.25) is 0 Å². The average Bonchev–Trinajstić information content (AvgIpc) is 2.87. The first-order valence-electron chi connectivity index (χ1n) is 9.00. The van der Waals surface area contributed by atoms with Gasteiger partial charge in [-0.05, 0) is 37.0 Å². The summed E-state index contributed by atoms with van der Waals surface area (Å²) in [5, 5.41) is 2.73. The molecule has 152 valence electrons. The van der Waals surface area contributed by atoms with Crippen molar-refractivity contribution in [2.45, 2.75) is 44.3 Å². The number of halogens is 3. The Hall–Kier alpha value is -2.78.